The number of likely N-dealkylation sites (N-methyl/N-ethyl adjacent to an activating group) is 1. The monoisotopic (exact) mass is 272 g/mol. The zero-order chi connectivity index (χ0) is 13.8. The molecule has 18 heavy (non-hydrogen) atoms. The van der Waals surface area contributed by atoms with Crippen LogP contribution in [0.3, 0.4) is 0 Å². The Morgan fingerprint density at radius 1 is 1.44 bits per heavy atom. The van der Waals surface area contributed by atoms with Crippen molar-refractivity contribution in [1.29, 1.82) is 0 Å². The van der Waals surface area contributed by atoms with Crippen molar-refractivity contribution >= 4 is 14.2 Å². The minimum Gasteiger partial charge on any atom is -0.450 e. The summed E-state index contributed by atoms with van der Waals surface area (Å²) < 4.78 is 5.27. The molecule has 1 saturated carbocycles. The Morgan fingerprint density at radius 3 is 2.56 bits per heavy atom. The first-order valence-corrected chi connectivity index (χ1v) is 10.6. The molecule has 2 N–H and O–H groups in total. The summed E-state index contributed by atoms with van der Waals surface area (Å²) in [4.78, 5) is 13.3. The molecule has 0 heterocycles. The number of amides is 1. The Balaban J connectivity index is 2.15. The van der Waals surface area contributed by atoms with Crippen molar-refractivity contribution in [1.82, 2.24) is 4.90 Å². The van der Waals surface area contributed by atoms with E-state index in [9.17, 15) is 4.79 Å². The molecule has 5 heteroatoms. The van der Waals surface area contributed by atoms with E-state index in [0.29, 0.717) is 13.2 Å². The Morgan fingerprint density at radius 2 is 2.06 bits per heavy atom. The maximum atomic E-state index is 11.7. The summed E-state index contributed by atoms with van der Waals surface area (Å²) in [5.74, 6) is 0.802. The highest BCUT2D eigenvalue weighted by Gasteiger charge is 2.25. The number of hydrogen-bond donors (Lipinski definition) is 1. The van der Waals surface area contributed by atoms with E-state index in [1.54, 1.807) is 11.9 Å². The normalized spacial score (nSPS) is 17.4. The first kappa shape index (κ1) is 15.5. The van der Waals surface area contributed by atoms with Crippen molar-refractivity contribution in [3.63, 3.8) is 0 Å². The fraction of sp³-hybridized carbons (Fsp3) is 0.923. The van der Waals surface area contributed by atoms with Gasteiger partial charge in [-0.05, 0) is 18.4 Å². The van der Waals surface area contributed by atoms with Crippen LogP contribution in [-0.4, -0.2) is 45.3 Å². The van der Waals surface area contributed by atoms with Crippen LogP contribution in [0.15, 0.2) is 0 Å². The zero-order valence-electron chi connectivity index (χ0n) is 12.2. The molecule has 0 bridgehead atoms. The summed E-state index contributed by atoms with van der Waals surface area (Å²) in [5, 5.41) is 0. The lowest BCUT2D eigenvalue weighted by Gasteiger charge is -2.22. The summed E-state index contributed by atoms with van der Waals surface area (Å²) >= 11 is 0. The molecular weight excluding hydrogens is 244 g/mol. The number of rotatable bonds is 7. The van der Waals surface area contributed by atoms with Crippen LogP contribution in [0.4, 0.5) is 4.79 Å². The third-order valence-corrected chi connectivity index (χ3v) is 4.93. The third-order valence-electron chi connectivity index (χ3n) is 3.23. The molecule has 0 aromatic carbocycles. The molecule has 0 aromatic rings. The summed E-state index contributed by atoms with van der Waals surface area (Å²) in [6.07, 6.45) is 3.40. The van der Waals surface area contributed by atoms with Crippen LogP contribution in [0.25, 0.3) is 0 Å². The average Bonchev–Trinajstić information content (AvgIpc) is 2.99. The Kier molecular flexibility index (Phi) is 5.66. The number of carbonyl (C=O) groups is 1. The molecule has 0 aromatic heterocycles. The average molecular weight is 272 g/mol. The van der Waals surface area contributed by atoms with E-state index in [2.05, 4.69) is 19.6 Å². The molecule has 4 nitrogen and oxygen atoms in total. The minimum atomic E-state index is -1.12. The van der Waals surface area contributed by atoms with Gasteiger partial charge in [0.1, 0.15) is 0 Å². The summed E-state index contributed by atoms with van der Waals surface area (Å²) in [7, 11) is 0.643. The smallest absolute Gasteiger partial charge is 0.409 e. The Hall–Kier alpha value is -0.553. The predicted octanol–water partition coefficient (Wildman–Crippen LogP) is 2.52. The van der Waals surface area contributed by atoms with E-state index >= 15 is 0 Å². The largest absolute Gasteiger partial charge is 0.450 e. The lowest BCUT2D eigenvalue weighted by Crippen LogP contribution is -2.39. The van der Waals surface area contributed by atoms with Gasteiger partial charge >= 0.3 is 6.09 Å². The first-order valence-electron chi connectivity index (χ1n) is 6.91. The number of nitrogens with zero attached hydrogens (tertiary/aromatic N) is 1. The van der Waals surface area contributed by atoms with Gasteiger partial charge in [0.2, 0.25) is 0 Å². The van der Waals surface area contributed by atoms with E-state index < -0.39 is 8.07 Å². The topological polar surface area (TPSA) is 55.6 Å². The Bertz CT molecular complexity index is 275. The maximum absolute atomic E-state index is 11.7. The summed E-state index contributed by atoms with van der Waals surface area (Å²) in [6, 6.07) is 1.10. The van der Waals surface area contributed by atoms with E-state index in [-0.39, 0.29) is 12.1 Å². The summed E-state index contributed by atoms with van der Waals surface area (Å²) in [5.41, 5.74) is 6.01. The van der Waals surface area contributed by atoms with Crippen LogP contribution in [0, 0.1) is 5.92 Å². The standard InChI is InChI=1S/C13H28N2O2Si/c1-15(10-12(14)9-11-5-6-11)13(16)17-7-8-18(2,3)4/h11-12H,5-10,14H2,1-4H3. The van der Waals surface area contributed by atoms with E-state index in [1.165, 1.54) is 12.8 Å². The van der Waals surface area contributed by atoms with Crippen LogP contribution in [0.2, 0.25) is 25.7 Å². The van der Waals surface area contributed by atoms with Gasteiger partial charge in [-0.3, -0.25) is 0 Å². The first-order chi connectivity index (χ1) is 8.28. The molecular formula is C13H28N2O2Si. The van der Waals surface area contributed by atoms with Crippen LogP contribution in [0.5, 0.6) is 0 Å². The quantitative estimate of drug-likeness (QED) is 0.725. The highest BCUT2D eigenvalue weighted by molar-refractivity contribution is 6.76. The second-order valence-corrected chi connectivity index (χ2v) is 12.4. The molecule has 0 aliphatic heterocycles. The van der Waals surface area contributed by atoms with Gasteiger partial charge in [-0.15, -0.1) is 0 Å². The molecule has 0 spiro atoms. The number of nitrogens with two attached hydrogens (primary N) is 1. The SMILES string of the molecule is CN(CC(N)CC1CC1)C(=O)OCC[Si](C)(C)C. The molecule has 1 rings (SSSR count). The fourth-order valence-corrected chi connectivity index (χ4v) is 2.55. The molecule has 1 amide bonds. The zero-order valence-corrected chi connectivity index (χ0v) is 13.2. The highest BCUT2D eigenvalue weighted by Crippen LogP contribution is 2.33. The molecule has 1 unspecified atom stereocenters. The predicted molar refractivity (Wildman–Crippen MR) is 77.4 cm³/mol. The van der Waals surface area contributed by atoms with Crippen LogP contribution in [-0.2, 0) is 4.74 Å². The lowest BCUT2D eigenvalue weighted by molar-refractivity contribution is 0.113. The van der Waals surface area contributed by atoms with Crippen LogP contribution >= 0.6 is 0 Å². The molecule has 1 aliphatic rings. The van der Waals surface area contributed by atoms with Crippen molar-refractivity contribution in [2.45, 2.75) is 51.0 Å². The third kappa shape index (κ3) is 7.01. The van der Waals surface area contributed by atoms with Crippen LogP contribution < -0.4 is 5.73 Å². The summed E-state index contributed by atoms with van der Waals surface area (Å²) in [6.45, 7) is 7.96. The van der Waals surface area contributed by atoms with Crippen molar-refractivity contribution in [2.75, 3.05) is 20.2 Å². The molecule has 0 radical (unpaired) electrons. The van der Waals surface area contributed by atoms with E-state index in [1.807, 2.05) is 0 Å². The van der Waals surface area contributed by atoms with Crippen molar-refractivity contribution < 1.29 is 9.53 Å². The van der Waals surface area contributed by atoms with Gasteiger partial charge < -0.3 is 15.4 Å². The van der Waals surface area contributed by atoms with Crippen molar-refractivity contribution in [3.8, 4) is 0 Å². The van der Waals surface area contributed by atoms with E-state index in [0.717, 1.165) is 18.4 Å². The number of carbonyl (C=O) groups excluding carboxylic acids is 1. The second-order valence-electron chi connectivity index (χ2n) is 6.74. The van der Waals surface area contributed by atoms with Gasteiger partial charge in [-0.25, -0.2) is 4.79 Å². The Labute approximate surface area is 112 Å². The van der Waals surface area contributed by atoms with Crippen molar-refractivity contribution in [2.24, 2.45) is 11.7 Å². The van der Waals surface area contributed by atoms with Gasteiger partial charge in [0.25, 0.3) is 0 Å². The van der Waals surface area contributed by atoms with E-state index in [4.69, 9.17) is 10.5 Å². The van der Waals surface area contributed by atoms with Crippen molar-refractivity contribution in [3.05, 3.63) is 0 Å². The van der Waals surface area contributed by atoms with Gasteiger partial charge in [0, 0.05) is 27.7 Å². The fourth-order valence-electron chi connectivity index (χ4n) is 1.84. The lowest BCUT2D eigenvalue weighted by atomic mass is 10.1. The molecule has 1 aliphatic carbocycles. The second kappa shape index (κ2) is 6.57. The maximum Gasteiger partial charge on any atom is 0.409 e. The number of ether oxygens (including phenoxy) is 1. The van der Waals surface area contributed by atoms with Gasteiger partial charge in [0.15, 0.2) is 0 Å². The van der Waals surface area contributed by atoms with Gasteiger partial charge in [-0.1, -0.05) is 32.5 Å². The molecule has 1 fully saturated rings. The van der Waals surface area contributed by atoms with Gasteiger partial charge in [0.05, 0.1) is 6.61 Å². The van der Waals surface area contributed by atoms with Gasteiger partial charge in [-0.2, -0.15) is 0 Å². The highest BCUT2D eigenvalue weighted by atomic mass is 28.3. The molecule has 106 valence electrons. The van der Waals surface area contributed by atoms with Crippen LogP contribution in [0.1, 0.15) is 19.3 Å². The number of hydrogen-bond acceptors (Lipinski definition) is 3. The molecule has 1 atom stereocenters. The molecule has 0 saturated heterocycles. The minimum absolute atomic E-state index is 0.0899.